The number of carbonyl (C=O) groups excluding carboxylic acids is 1. The SMILES string of the molecule is CN(C(=O)CC1CCCC1)c1ccc(Br)cn1. The fourth-order valence-electron chi connectivity index (χ4n) is 2.29. The zero-order valence-electron chi connectivity index (χ0n) is 10.0. The van der Waals surface area contributed by atoms with Crippen LogP contribution in [-0.2, 0) is 4.79 Å². The highest BCUT2D eigenvalue weighted by Gasteiger charge is 2.21. The standard InChI is InChI=1S/C13H17BrN2O/c1-16(12-7-6-11(14)9-15-12)13(17)8-10-4-2-3-5-10/h6-7,9-10H,2-5,8H2,1H3. The van der Waals surface area contributed by atoms with Crippen molar-refractivity contribution in [2.24, 2.45) is 5.92 Å². The van der Waals surface area contributed by atoms with Gasteiger partial charge in [-0.25, -0.2) is 4.98 Å². The summed E-state index contributed by atoms with van der Waals surface area (Å²) in [7, 11) is 1.80. The van der Waals surface area contributed by atoms with Crippen molar-refractivity contribution in [1.29, 1.82) is 0 Å². The third kappa shape index (κ3) is 3.28. The van der Waals surface area contributed by atoms with E-state index in [9.17, 15) is 4.79 Å². The van der Waals surface area contributed by atoms with Crippen LogP contribution in [-0.4, -0.2) is 17.9 Å². The van der Waals surface area contributed by atoms with Crippen LogP contribution in [0.25, 0.3) is 0 Å². The van der Waals surface area contributed by atoms with Crippen molar-refractivity contribution in [2.45, 2.75) is 32.1 Å². The molecular formula is C13H17BrN2O. The van der Waals surface area contributed by atoms with Crippen molar-refractivity contribution in [1.82, 2.24) is 4.98 Å². The third-order valence-electron chi connectivity index (χ3n) is 3.37. The van der Waals surface area contributed by atoms with Crippen molar-refractivity contribution >= 4 is 27.7 Å². The summed E-state index contributed by atoms with van der Waals surface area (Å²) in [5.74, 6) is 1.48. The maximum Gasteiger partial charge on any atom is 0.228 e. The highest BCUT2D eigenvalue weighted by atomic mass is 79.9. The second-order valence-electron chi connectivity index (χ2n) is 4.64. The van der Waals surface area contributed by atoms with Crippen LogP contribution >= 0.6 is 15.9 Å². The number of rotatable bonds is 3. The molecule has 1 saturated carbocycles. The van der Waals surface area contributed by atoms with Gasteiger partial charge >= 0.3 is 0 Å². The van der Waals surface area contributed by atoms with Crippen LogP contribution in [0.2, 0.25) is 0 Å². The summed E-state index contributed by atoms with van der Waals surface area (Å²) in [6.45, 7) is 0. The van der Waals surface area contributed by atoms with Gasteiger partial charge in [0.05, 0.1) is 0 Å². The molecule has 4 heteroatoms. The molecule has 1 aliphatic carbocycles. The number of aromatic nitrogens is 1. The molecule has 1 aliphatic rings. The van der Waals surface area contributed by atoms with Crippen LogP contribution in [0.3, 0.4) is 0 Å². The summed E-state index contributed by atoms with van der Waals surface area (Å²) in [4.78, 5) is 17.9. The average molecular weight is 297 g/mol. The summed E-state index contributed by atoms with van der Waals surface area (Å²) >= 11 is 3.34. The lowest BCUT2D eigenvalue weighted by Gasteiger charge is -2.18. The first kappa shape index (κ1) is 12.6. The van der Waals surface area contributed by atoms with Gasteiger partial charge in [0.15, 0.2) is 0 Å². The van der Waals surface area contributed by atoms with Gasteiger partial charge in [-0.2, -0.15) is 0 Å². The molecule has 0 unspecified atom stereocenters. The first-order chi connectivity index (χ1) is 8.16. The van der Waals surface area contributed by atoms with Gasteiger partial charge in [-0.3, -0.25) is 9.69 Å². The predicted octanol–water partition coefficient (Wildman–Crippen LogP) is 3.39. The Morgan fingerprint density at radius 3 is 2.76 bits per heavy atom. The second-order valence-corrected chi connectivity index (χ2v) is 5.56. The maximum absolute atomic E-state index is 12.1. The van der Waals surface area contributed by atoms with Gasteiger partial charge in [0.1, 0.15) is 5.82 Å². The fraction of sp³-hybridized carbons (Fsp3) is 0.538. The van der Waals surface area contributed by atoms with E-state index in [1.165, 1.54) is 25.7 Å². The summed E-state index contributed by atoms with van der Waals surface area (Å²) in [6, 6.07) is 3.76. The van der Waals surface area contributed by atoms with Crippen molar-refractivity contribution in [3.05, 3.63) is 22.8 Å². The zero-order chi connectivity index (χ0) is 12.3. The van der Waals surface area contributed by atoms with Gasteiger partial charge in [-0.15, -0.1) is 0 Å². The van der Waals surface area contributed by atoms with Crippen LogP contribution < -0.4 is 4.90 Å². The van der Waals surface area contributed by atoms with Crippen LogP contribution in [0.5, 0.6) is 0 Å². The molecule has 2 rings (SSSR count). The molecular weight excluding hydrogens is 280 g/mol. The first-order valence-corrected chi connectivity index (χ1v) is 6.84. The summed E-state index contributed by atoms with van der Waals surface area (Å²) in [5.41, 5.74) is 0. The van der Waals surface area contributed by atoms with Gasteiger partial charge in [0, 0.05) is 24.1 Å². The monoisotopic (exact) mass is 296 g/mol. The molecule has 1 heterocycles. The van der Waals surface area contributed by atoms with E-state index in [4.69, 9.17) is 0 Å². The largest absolute Gasteiger partial charge is 0.300 e. The minimum atomic E-state index is 0.173. The Morgan fingerprint density at radius 2 is 2.18 bits per heavy atom. The Kier molecular flexibility index (Phi) is 4.15. The Bertz CT molecular complexity index is 385. The van der Waals surface area contributed by atoms with E-state index in [0.29, 0.717) is 12.3 Å². The van der Waals surface area contributed by atoms with E-state index >= 15 is 0 Å². The Morgan fingerprint density at radius 1 is 1.47 bits per heavy atom. The Balaban J connectivity index is 1.96. The quantitative estimate of drug-likeness (QED) is 0.857. The van der Waals surface area contributed by atoms with Crippen molar-refractivity contribution in [3.63, 3.8) is 0 Å². The Hall–Kier alpha value is -0.900. The number of halogens is 1. The highest BCUT2D eigenvalue weighted by molar-refractivity contribution is 9.10. The smallest absolute Gasteiger partial charge is 0.228 e. The molecule has 0 atom stereocenters. The maximum atomic E-state index is 12.1. The lowest BCUT2D eigenvalue weighted by atomic mass is 10.0. The number of amides is 1. The van der Waals surface area contributed by atoms with Gasteiger partial charge in [-0.05, 0) is 46.8 Å². The summed E-state index contributed by atoms with van der Waals surface area (Å²) in [6.07, 6.45) is 7.33. The summed E-state index contributed by atoms with van der Waals surface area (Å²) < 4.78 is 0.929. The van der Waals surface area contributed by atoms with Gasteiger partial charge in [0.25, 0.3) is 0 Å². The van der Waals surface area contributed by atoms with E-state index in [2.05, 4.69) is 20.9 Å². The van der Waals surface area contributed by atoms with Gasteiger partial charge in [0.2, 0.25) is 5.91 Å². The molecule has 3 nitrogen and oxygen atoms in total. The van der Waals surface area contributed by atoms with Crippen molar-refractivity contribution in [3.8, 4) is 0 Å². The van der Waals surface area contributed by atoms with E-state index in [1.807, 2.05) is 12.1 Å². The zero-order valence-corrected chi connectivity index (χ0v) is 11.6. The van der Waals surface area contributed by atoms with Crippen LogP contribution in [0.1, 0.15) is 32.1 Å². The average Bonchev–Trinajstić information content (AvgIpc) is 2.82. The topological polar surface area (TPSA) is 33.2 Å². The third-order valence-corrected chi connectivity index (χ3v) is 3.84. The van der Waals surface area contributed by atoms with Crippen molar-refractivity contribution in [2.75, 3.05) is 11.9 Å². The predicted molar refractivity (Wildman–Crippen MR) is 71.9 cm³/mol. The molecule has 1 amide bonds. The number of carbonyl (C=O) groups is 1. The molecule has 0 N–H and O–H groups in total. The molecule has 0 bridgehead atoms. The molecule has 0 aromatic carbocycles. The van der Waals surface area contributed by atoms with Crippen LogP contribution in [0, 0.1) is 5.92 Å². The highest BCUT2D eigenvalue weighted by Crippen LogP contribution is 2.28. The van der Waals surface area contributed by atoms with Gasteiger partial charge in [-0.1, -0.05) is 12.8 Å². The summed E-state index contributed by atoms with van der Waals surface area (Å²) in [5, 5.41) is 0. The molecule has 0 saturated heterocycles. The van der Waals surface area contributed by atoms with Crippen molar-refractivity contribution < 1.29 is 4.79 Å². The number of anilines is 1. The molecule has 0 aliphatic heterocycles. The molecule has 92 valence electrons. The fourth-order valence-corrected chi connectivity index (χ4v) is 2.53. The first-order valence-electron chi connectivity index (χ1n) is 6.05. The minimum absolute atomic E-state index is 0.173. The second kappa shape index (κ2) is 5.63. The molecule has 1 aromatic heterocycles. The lowest BCUT2D eigenvalue weighted by molar-refractivity contribution is -0.119. The number of nitrogens with zero attached hydrogens (tertiary/aromatic N) is 2. The van der Waals surface area contributed by atoms with E-state index in [1.54, 1.807) is 18.1 Å². The van der Waals surface area contributed by atoms with E-state index < -0.39 is 0 Å². The van der Waals surface area contributed by atoms with E-state index in [-0.39, 0.29) is 5.91 Å². The van der Waals surface area contributed by atoms with Crippen LogP contribution in [0.15, 0.2) is 22.8 Å². The number of pyridine rings is 1. The molecule has 1 fully saturated rings. The molecule has 0 radical (unpaired) electrons. The Labute approximate surface area is 110 Å². The van der Waals surface area contributed by atoms with Gasteiger partial charge < -0.3 is 0 Å². The normalized spacial score (nSPS) is 16.1. The minimum Gasteiger partial charge on any atom is -0.300 e. The molecule has 0 spiro atoms. The molecule has 1 aromatic rings. The van der Waals surface area contributed by atoms with Crippen LogP contribution in [0.4, 0.5) is 5.82 Å². The number of hydrogen-bond donors (Lipinski definition) is 0. The molecule has 17 heavy (non-hydrogen) atoms. The number of hydrogen-bond acceptors (Lipinski definition) is 2. The lowest BCUT2D eigenvalue weighted by Crippen LogP contribution is -2.28. The van der Waals surface area contributed by atoms with E-state index in [0.717, 1.165) is 10.3 Å².